The maximum atomic E-state index is 12.0. The summed E-state index contributed by atoms with van der Waals surface area (Å²) in [4.78, 5) is 0.0715. The zero-order valence-electron chi connectivity index (χ0n) is 10.3. The molecule has 0 saturated heterocycles. The van der Waals surface area contributed by atoms with E-state index in [0.29, 0.717) is 17.9 Å². The second-order valence-corrected chi connectivity index (χ2v) is 5.37. The molecule has 1 aromatic rings. The standard InChI is InChI=1S/C12H16N2O3S/c1-4-9(5-2)14-18(15,16)10-6-7-11(13)12(8-10)17-3/h1,6-9,14H,5,13H2,2-3H3. The molecule has 0 amide bonds. The van der Waals surface area contributed by atoms with E-state index in [1.54, 1.807) is 6.92 Å². The van der Waals surface area contributed by atoms with Gasteiger partial charge in [0.15, 0.2) is 0 Å². The number of nitrogen functional groups attached to an aromatic ring is 1. The summed E-state index contributed by atoms with van der Waals surface area (Å²) >= 11 is 0. The van der Waals surface area contributed by atoms with Crippen LogP contribution in [0.15, 0.2) is 23.1 Å². The van der Waals surface area contributed by atoms with E-state index in [2.05, 4.69) is 10.6 Å². The van der Waals surface area contributed by atoms with E-state index in [1.165, 1.54) is 25.3 Å². The number of sulfonamides is 1. The minimum absolute atomic E-state index is 0.0715. The summed E-state index contributed by atoms with van der Waals surface area (Å²) in [5.74, 6) is 2.68. The number of anilines is 1. The van der Waals surface area contributed by atoms with Gasteiger partial charge in [0.25, 0.3) is 0 Å². The van der Waals surface area contributed by atoms with Crippen LogP contribution in [0.3, 0.4) is 0 Å². The second-order valence-electron chi connectivity index (χ2n) is 3.65. The van der Waals surface area contributed by atoms with Gasteiger partial charge in [-0.05, 0) is 18.6 Å². The van der Waals surface area contributed by atoms with Crippen molar-refractivity contribution >= 4 is 15.7 Å². The monoisotopic (exact) mass is 268 g/mol. The van der Waals surface area contributed by atoms with Crippen molar-refractivity contribution in [1.29, 1.82) is 0 Å². The number of ether oxygens (including phenoxy) is 1. The van der Waals surface area contributed by atoms with Gasteiger partial charge in [-0.1, -0.05) is 12.8 Å². The molecule has 1 unspecified atom stereocenters. The minimum Gasteiger partial charge on any atom is -0.495 e. The third-order valence-corrected chi connectivity index (χ3v) is 3.89. The maximum Gasteiger partial charge on any atom is 0.241 e. The summed E-state index contributed by atoms with van der Waals surface area (Å²) in [6, 6.07) is 3.72. The Kier molecular flexibility index (Phi) is 4.59. The van der Waals surface area contributed by atoms with E-state index >= 15 is 0 Å². The van der Waals surface area contributed by atoms with Crippen LogP contribution in [0.25, 0.3) is 0 Å². The van der Waals surface area contributed by atoms with Crippen molar-refractivity contribution in [3.63, 3.8) is 0 Å². The van der Waals surface area contributed by atoms with Crippen LogP contribution in [0, 0.1) is 12.3 Å². The Morgan fingerprint density at radius 1 is 1.56 bits per heavy atom. The third kappa shape index (κ3) is 3.15. The first-order valence-corrected chi connectivity index (χ1v) is 6.85. The van der Waals surface area contributed by atoms with Crippen LogP contribution in [0.4, 0.5) is 5.69 Å². The molecule has 3 N–H and O–H groups in total. The van der Waals surface area contributed by atoms with Gasteiger partial charge in [-0.2, -0.15) is 4.72 Å². The van der Waals surface area contributed by atoms with Crippen molar-refractivity contribution in [1.82, 2.24) is 4.72 Å². The molecule has 98 valence electrons. The second kappa shape index (κ2) is 5.76. The van der Waals surface area contributed by atoms with E-state index in [-0.39, 0.29) is 4.90 Å². The molecule has 0 aliphatic rings. The van der Waals surface area contributed by atoms with Gasteiger partial charge in [-0.25, -0.2) is 8.42 Å². The quantitative estimate of drug-likeness (QED) is 0.616. The van der Waals surface area contributed by atoms with E-state index in [4.69, 9.17) is 16.9 Å². The summed E-state index contributed by atoms with van der Waals surface area (Å²) in [6.45, 7) is 1.80. The molecule has 0 aliphatic heterocycles. The van der Waals surface area contributed by atoms with Gasteiger partial charge < -0.3 is 10.5 Å². The van der Waals surface area contributed by atoms with Gasteiger partial charge >= 0.3 is 0 Å². The zero-order chi connectivity index (χ0) is 13.8. The van der Waals surface area contributed by atoms with Crippen LogP contribution >= 0.6 is 0 Å². The molecule has 0 saturated carbocycles. The molecule has 0 aromatic heterocycles. The number of terminal acetylenes is 1. The topological polar surface area (TPSA) is 81.4 Å². The van der Waals surface area contributed by atoms with Crippen LogP contribution in [-0.2, 0) is 10.0 Å². The number of benzene rings is 1. The predicted molar refractivity (Wildman–Crippen MR) is 70.6 cm³/mol. The number of methoxy groups -OCH3 is 1. The zero-order valence-corrected chi connectivity index (χ0v) is 11.1. The van der Waals surface area contributed by atoms with Crippen LogP contribution in [0.2, 0.25) is 0 Å². The number of nitrogens with one attached hydrogen (secondary N) is 1. The number of nitrogens with two attached hydrogens (primary N) is 1. The van der Waals surface area contributed by atoms with E-state index in [1.807, 2.05) is 0 Å². The average Bonchev–Trinajstić information content (AvgIpc) is 2.36. The fourth-order valence-corrected chi connectivity index (χ4v) is 2.60. The van der Waals surface area contributed by atoms with Gasteiger partial charge in [-0.3, -0.25) is 0 Å². The van der Waals surface area contributed by atoms with Crippen molar-refractivity contribution in [3.05, 3.63) is 18.2 Å². The normalized spacial score (nSPS) is 12.7. The molecule has 6 heteroatoms. The molecule has 0 radical (unpaired) electrons. The summed E-state index contributed by atoms with van der Waals surface area (Å²) in [7, 11) is -2.24. The highest BCUT2D eigenvalue weighted by atomic mass is 32.2. The molecule has 0 aliphatic carbocycles. The lowest BCUT2D eigenvalue weighted by Crippen LogP contribution is -2.33. The Morgan fingerprint density at radius 2 is 2.22 bits per heavy atom. The highest BCUT2D eigenvalue weighted by Gasteiger charge is 2.18. The molecular weight excluding hydrogens is 252 g/mol. The third-order valence-electron chi connectivity index (χ3n) is 2.42. The van der Waals surface area contributed by atoms with Gasteiger partial charge in [0.2, 0.25) is 10.0 Å². The first-order valence-electron chi connectivity index (χ1n) is 5.36. The smallest absolute Gasteiger partial charge is 0.241 e. The van der Waals surface area contributed by atoms with E-state index in [0.717, 1.165) is 0 Å². The molecule has 0 fully saturated rings. The molecule has 0 heterocycles. The van der Waals surface area contributed by atoms with Crippen LogP contribution in [-0.4, -0.2) is 21.6 Å². The van der Waals surface area contributed by atoms with Gasteiger partial charge in [0, 0.05) is 6.07 Å². The summed E-state index contributed by atoms with van der Waals surface area (Å²) in [6.07, 6.45) is 5.74. The fourth-order valence-electron chi connectivity index (χ4n) is 1.35. The van der Waals surface area contributed by atoms with Gasteiger partial charge in [0.1, 0.15) is 5.75 Å². The Balaban J connectivity index is 3.10. The largest absolute Gasteiger partial charge is 0.495 e. The molecule has 18 heavy (non-hydrogen) atoms. The first-order chi connectivity index (χ1) is 8.44. The van der Waals surface area contributed by atoms with Gasteiger partial charge in [-0.15, -0.1) is 6.42 Å². The fraction of sp³-hybridized carbons (Fsp3) is 0.333. The number of hydrogen-bond acceptors (Lipinski definition) is 4. The van der Waals surface area contributed by atoms with Crippen molar-refractivity contribution < 1.29 is 13.2 Å². The highest BCUT2D eigenvalue weighted by molar-refractivity contribution is 7.89. The SMILES string of the molecule is C#CC(CC)NS(=O)(=O)c1ccc(N)c(OC)c1. The molecule has 1 aromatic carbocycles. The maximum absolute atomic E-state index is 12.0. The average molecular weight is 268 g/mol. The van der Waals surface area contributed by atoms with Gasteiger partial charge in [0.05, 0.1) is 23.7 Å². The highest BCUT2D eigenvalue weighted by Crippen LogP contribution is 2.24. The summed E-state index contributed by atoms with van der Waals surface area (Å²) in [5, 5.41) is 0. The molecule has 0 bridgehead atoms. The van der Waals surface area contributed by atoms with Crippen LogP contribution < -0.4 is 15.2 Å². The van der Waals surface area contributed by atoms with Crippen molar-refractivity contribution in [2.24, 2.45) is 0 Å². The Bertz CT molecular complexity index is 561. The Morgan fingerprint density at radius 3 is 2.72 bits per heavy atom. The lowest BCUT2D eigenvalue weighted by molar-refractivity contribution is 0.415. The molecule has 1 rings (SSSR count). The minimum atomic E-state index is -3.66. The Hall–Kier alpha value is -1.71. The van der Waals surface area contributed by atoms with Crippen LogP contribution in [0.1, 0.15) is 13.3 Å². The van der Waals surface area contributed by atoms with Crippen molar-refractivity contribution in [3.8, 4) is 18.1 Å². The van der Waals surface area contributed by atoms with E-state index < -0.39 is 16.1 Å². The lowest BCUT2D eigenvalue weighted by atomic mass is 10.3. The summed E-state index contributed by atoms with van der Waals surface area (Å²) < 4.78 is 31.5. The van der Waals surface area contributed by atoms with Crippen molar-refractivity contribution in [2.75, 3.05) is 12.8 Å². The molecular formula is C12H16N2O3S. The number of hydrogen-bond donors (Lipinski definition) is 2. The van der Waals surface area contributed by atoms with Crippen molar-refractivity contribution in [2.45, 2.75) is 24.3 Å². The number of rotatable bonds is 5. The molecule has 0 spiro atoms. The molecule has 5 nitrogen and oxygen atoms in total. The van der Waals surface area contributed by atoms with Crippen LogP contribution in [0.5, 0.6) is 5.75 Å². The lowest BCUT2D eigenvalue weighted by Gasteiger charge is -2.12. The summed E-state index contributed by atoms with van der Waals surface area (Å²) in [5.41, 5.74) is 6.00. The first kappa shape index (κ1) is 14.4. The van der Waals surface area contributed by atoms with E-state index in [9.17, 15) is 8.42 Å². The predicted octanol–water partition coefficient (Wildman–Crippen LogP) is 0.968. The molecule has 1 atom stereocenters. The Labute approximate surface area is 107 Å².